The molecule has 3 aromatic rings. The number of hydrogen-bond acceptors (Lipinski definition) is 7. The highest BCUT2D eigenvalue weighted by molar-refractivity contribution is 6.74. The summed E-state index contributed by atoms with van der Waals surface area (Å²) in [7, 11) is 1.25. The summed E-state index contributed by atoms with van der Waals surface area (Å²) >= 11 is 0. The van der Waals surface area contributed by atoms with Crippen LogP contribution in [0.3, 0.4) is 0 Å². The van der Waals surface area contributed by atoms with Crippen molar-refractivity contribution in [2.75, 3.05) is 14.2 Å². The average molecular weight is 540 g/mol. The predicted octanol–water partition coefficient (Wildman–Crippen LogP) is 5.90. The van der Waals surface area contributed by atoms with E-state index in [0.717, 1.165) is 16.9 Å². The first-order valence-electron chi connectivity index (χ1n) is 12.8. The van der Waals surface area contributed by atoms with Crippen LogP contribution in [-0.2, 0) is 19.6 Å². The number of nitrogens with zero attached hydrogens (tertiary/aromatic N) is 3. The van der Waals surface area contributed by atoms with E-state index < -0.39 is 14.4 Å². The van der Waals surface area contributed by atoms with Crippen molar-refractivity contribution in [3.8, 4) is 23.0 Å². The first-order valence-corrected chi connectivity index (χ1v) is 15.7. The second-order valence-corrected chi connectivity index (χ2v) is 15.6. The van der Waals surface area contributed by atoms with Crippen LogP contribution < -0.4 is 18.6 Å². The van der Waals surface area contributed by atoms with Gasteiger partial charge in [-0.3, -0.25) is 0 Å². The van der Waals surface area contributed by atoms with Crippen molar-refractivity contribution in [2.24, 2.45) is 0 Å². The van der Waals surface area contributed by atoms with Crippen LogP contribution in [0.5, 0.6) is 23.0 Å². The van der Waals surface area contributed by atoms with Crippen LogP contribution in [0.1, 0.15) is 44.5 Å². The van der Waals surface area contributed by atoms with Crippen molar-refractivity contribution in [2.45, 2.75) is 71.5 Å². The van der Waals surface area contributed by atoms with E-state index in [0.29, 0.717) is 35.9 Å². The summed E-state index contributed by atoms with van der Waals surface area (Å²) in [6, 6.07) is 11.6. The molecule has 0 aliphatic rings. The summed E-state index contributed by atoms with van der Waals surface area (Å²) < 4.78 is 25.0. The number of benzene rings is 2. The summed E-state index contributed by atoms with van der Waals surface area (Å²) in [5, 5.41) is 19.1. The zero-order valence-electron chi connectivity index (χ0n) is 23.8. The number of rotatable bonds is 12. The van der Waals surface area contributed by atoms with Gasteiger partial charge in [-0.1, -0.05) is 50.3 Å². The maximum Gasteiger partial charge on any atom is 0.250 e. The van der Waals surface area contributed by atoms with Gasteiger partial charge >= 0.3 is 0 Å². The minimum atomic E-state index is -2.00. The van der Waals surface area contributed by atoms with E-state index in [1.54, 1.807) is 25.1 Å². The lowest BCUT2D eigenvalue weighted by Crippen LogP contribution is -2.43. The summed E-state index contributed by atoms with van der Waals surface area (Å²) in [5.74, 6) is 2.70. The van der Waals surface area contributed by atoms with Gasteiger partial charge in [-0.05, 0) is 60.4 Å². The van der Waals surface area contributed by atoms with Crippen LogP contribution in [0.4, 0.5) is 0 Å². The van der Waals surface area contributed by atoms with Crippen LogP contribution in [-0.4, -0.2) is 48.7 Å². The van der Waals surface area contributed by atoms with E-state index >= 15 is 0 Å². The molecule has 0 amide bonds. The summed E-state index contributed by atoms with van der Waals surface area (Å²) in [4.78, 5) is 0. The largest absolute Gasteiger partial charge is 0.541 e. The molecule has 0 aliphatic heterocycles. The van der Waals surface area contributed by atoms with Gasteiger partial charge in [-0.2, -0.15) is 0 Å². The van der Waals surface area contributed by atoms with Crippen LogP contribution >= 0.6 is 0 Å². The quantitative estimate of drug-likeness (QED) is 0.287. The Balaban J connectivity index is 1.59. The number of ether oxygens (including phenoxy) is 3. The van der Waals surface area contributed by atoms with Crippen molar-refractivity contribution in [3.63, 3.8) is 0 Å². The molecule has 0 aliphatic carbocycles. The van der Waals surface area contributed by atoms with Gasteiger partial charge in [0, 0.05) is 6.42 Å². The second-order valence-electron chi connectivity index (χ2n) is 10.8. The number of aliphatic hydroxyl groups excluding tert-OH is 1. The minimum absolute atomic E-state index is 0.0809. The molecule has 3 rings (SSSR count). The number of methoxy groups -OCH3 is 2. The van der Waals surface area contributed by atoms with Gasteiger partial charge < -0.3 is 23.7 Å². The molecule has 1 atom stereocenters. The summed E-state index contributed by atoms with van der Waals surface area (Å²) in [6.45, 7) is 13.5. The topological polar surface area (TPSA) is 87.9 Å². The highest BCUT2D eigenvalue weighted by Crippen LogP contribution is 2.40. The SMILES string of the molecule is C/C=C/c1ccc(OCc2cn(C[C@@H](O)Cc3ccc(O[Si](C)(C)C(C)(C)C)c(OC)c3)nn2)c(OC)c1. The lowest BCUT2D eigenvalue weighted by Gasteiger charge is -2.36. The smallest absolute Gasteiger partial charge is 0.250 e. The Morgan fingerprint density at radius 3 is 2.34 bits per heavy atom. The molecule has 0 spiro atoms. The fourth-order valence-electron chi connectivity index (χ4n) is 3.65. The molecule has 0 saturated carbocycles. The zero-order valence-corrected chi connectivity index (χ0v) is 24.8. The summed E-state index contributed by atoms with van der Waals surface area (Å²) in [6.07, 6.45) is 5.54. The second kappa shape index (κ2) is 12.5. The van der Waals surface area contributed by atoms with Crippen molar-refractivity contribution < 1.29 is 23.7 Å². The monoisotopic (exact) mass is 539 g/mol. The molecule has 0 bridgehead atoms. The first kappa shape index (κ1) is 29.3. The third-order valence-corrected chi connectivity index (χ3v) is 11.1. The predicted molar refractivity (Wildman–Crippen MR) is 153 cm³/mol. The van der Waals surface area contributed by atoms with E-state index in [9.17, 15) is 5.11 Å². The first-order chi connectivity index (χ1) is 18.0. The molecule has 1 N–H and O–H groups in total. The van der Waals surface area contributed by atoms with Crippen LogP contribution in [0, 0.1) is 0 Å². The van der Waals surface area contributed by atoms with Crippen LogP contribution in [0.15, 0.2) is 48.7 Å². The molecule has 0 radical (unpaired) electrons. The number of hydrogen-bond donors (Lipinski definition) is 1. The van der Waals surface area contributed by atoms with Gasteiger partial charge in [-0.15, -0.1) is 5.10 Å². The Labute approximate surface area is 227 Å². The molecular formula is C29H41N3O5Si. The maximum atomic E-state index is 10.7. The normalized spacial score (nSPS) is 13.0. The molecule has 0 unspecified atom stereocenters. The lowest BCUT2D eigenvalue weighted by molar-refractivity contribution is 0.148. The number of aliphatic hydroxyl groups is 1. The molecular weight excluding hydrogens is 498 g/mol. The average Bonchev–Trinajstić information content (AvgIpc) is 3.30. The van der Waals surface area contributed by atoms with E-state index in [2.05, 4.69) is 44.2 Å². The van der Waals surface area contributed by atoms with Crippen molar-refractivity contribution in [1.82, 2.24) is 15.0 Å². The van der Waals surface area contributed by atoms with Crippen molar-refractivity contribution in [3.05, 3.63) is 65.5 Å². The van der Waals surface area contributed by atoms with Crippen LogP contribution in [0.2, 0.25) is 18.1 Å². The minimum Gasteiger partial charge on any atom is -0.541 e. The Kier molecular flexibility index (Phi) is 9.62. The molecule has 1 heterocycles. The van der Waals surface area contributed by atoms with Crippen molar-refractivity contribution >= 4 is 14.4 Å². The van der Waals surface area contributed by atoms with Crippen LogP contribution in [0.25, 0.3) is 6.08 Å². The molecule has 38 heavy (non-hydrogen) atoms. The van der Waals surface area contributed by atoms with Gasteiger partial charge in [0.05, 0.1) is 33.1 Å². The fraction of sp³-hybridized carbons (Fsp3) is 0.448. The highest BCUT2D eigenvalue weighted by Gasteiger charge is 2.39. The standard InChI is InChI=1S/C29H41N3O5Si/c1-9-10-21-11-13-25(27(16-21)34-5)36-20-23-18-32(31-30-23)19-24(33)15-22-12-14-26(28(17-22)35-6)37-38(7,8)29(2,3)4/h9-14,16-18,24,33H,15,19-20H2,1-8H3/b10-9+/t24-/m0/s1. The Morgan fingerprint density at radius 2 is 1.68 bits per heavy atom. The molecule has 0 saturated heterocycles. The fourth-order valence-corrected chi connectivity index (χ4v) is 4.67. The Bertz CT molecular complexity index is 1230. The highest BCUT2D eigenvalue weighted by atomic mass is 28.4. The molecule has 0 fully saturated rings. The number of aromatic nitrogens is 3. The van der Waals surface area contributed by atoms with E-state index in [1.165, 1.54) is 0 Å². The van der Waals surface area contributed by atoms with Gasteiger partial charge in [0.15, 0.2) is 17.2 Å². The molecule has 1 aromatic heterocycles. The van der Waals surface area contributed by atoms with E-state index in [-0.39, 0.29) is 11.6 Å². The van der Waals surface area contributed by atoms with Gasteiger partial charge in [0.2, 0.25) is 0 Å². The van der Waals surface area contributed by atoms with E-state index in [4.69, 9.17) is 18.6 Å². The number of allylic oxidation sites excluding steroid dienone is 1. The molecule has 9 heteroatoms. The maximum absolute atomic E-state index is 10.7. The van der Waals surface area contributed by atoms with Crippen molar-refractivity contribution in [1.29, 1.82) is 0 Å². The zero-order chi connectivity index (χ0) is 27.9. The molecule has 8 nitrogen and oxygen atoms in total. The Hall–Kier alpha value is -3.30. The lowest BCUT2D eigenvalue weighted by atomic mass is 10.1. The van der Waals surface area contributed by atoms with Gasteiger partial charge in [0.1, 0.15) is 18.1 Å². The van der Waals surface area contributed by atoms with Gasteiger partial charge in [0.25, 0.3) is 8.32 Å². The molecule has 206 valence electrons. The summed E-state index contributed by atoms with van der Waals surface area (Å²) in [5.41, 5.74) is 2.65. The third kappa shape index (κ3) is 7.61. The third-order valence-electron chi connectivity index (χ3n) is 6.78. The van der Waals surface area contributed by atoms with Gasteiger partial charge in [-0.25, -0.2) is 4.68 Å². The van der Waals surface area contributed by atoms with E-state index in [1.807, 2.05) is 55.5 Å². The Morgan fingerprint density at radius 1 is 1.00 bits per heavy atom. The molecule has 2 aromatic carbocycles.